The van der Waals surface area contributed by atoms with E-state index in [1.54, 1.807) is 12.3 Å². The van der Waals surface area contributed by atoms with Crippen molar-refractivity contribution in [3.05, 3.63) is 30.2 Å². The molecule has 22 heavy (non-hydrogen) atoms. The van der Waals surface area contributed by atoms with E-state index in [1.165, 1.54) is 13.2 Å². The van der Waals surface area contributed by atoms with E-state index >= 15 is 0 Å². The molecule has 116 valence electrons. The highest BCUT2D eigenvalue weighted by molar-refractivity contribution is 6.65. The number of halogens is 1. The molecule has 0 N–H and O–H groups in total. The lowest BCUT2D eigenvalue weighted by atomic mass is 9.76. The van der Waals surface area contributed by atoms with Gasteiger partial charge in [-0.05, 0) is 45.2 Å². The smallest absolute Gasteiger partial charge is 0.481 e. The van der Waals surface area contributed by atoms with E-state index in [2.05, 4.69) is 4.98 Å². The summed E-state index contributed by atoms with van der Waals surface area (Å²) in [5, 5.41) is 1.42. The molecular weight excluding hydrogens is 284 g/mol. The number of nitrogens with zero attached hydrogens (tertiary/aromatic N) is 1. The standard InChI is InChI=1S/C16H19BFNO3/c1-15(2)16(3,4)22-17(21-15)13-11(18)7-6-10-8-9-19-14(20-5)12(10)13/h6-9H,1-5H3. The Morgan fingerprint density at radius 1 is 1.09 bits per heavy atom. The molecule has 6 heteroatoms. The van der Waals surface area contributed by atoms with Gasteiger partial charge in [0.1, 0.15) is 5.82 Å². The fourth-order valence-electron chi connectivity index (χ4n) is 2.58. The molecule has 0 spiro atoms. The summed E-state index contributed by atoms with van der Waals surface area (Å²) in [5.41, 5.74) is -0.746. The van der Waals surface area contributed by atoms with Gasteiger partial charge in [0.15, 0.2) is 0 Å². The second kappa shape index (κ2) is 4.93. The van der Waals surface area contributed by atoms with Crippen LogP contribution in [0.2, 0.25) is 0 Å². The highest BCUT2D eigenvalue weighted by Crippen LogP contribution is 2.37. The number of rotatable bonds is 2. The Morgan fingerprint density at radius 3 is 2.32 bits per heavy atom. The molecule has 3 rings (SSSR count). The summed E-state index contributed by atoms with van der Waals surface area (Å²) in [6.07, 6.45) is 1.63. The largest absolute Gasteiger partial charge is 0.498 e. The third-order valence-electron chi connectivity index (χ3n) is 4.57. The van der Waals surface area contributed by atoms with Gasteiger partial charge in [-0.2, -0.15) is 0 Å². The average Bonchev–Trinajstić information content (AvgIpc) is 2.66. The molecule has 0 atom stereocenters. The predicted octanol–water partition coefficient (Wildman–Crippen LogP) is 2.68. The lowest BCUT2D eigenvalue weighted by molar-refractivity contribution is 0.00578. The molecule has 1 aromatic heterocycles. The summed E-state index contributed by atoms with van der Waals surface area (Å²) < 4.78 is 31.8. The Bertz CT molecular complexity index is 717. The third-order valence-corrected chi connectivity index (χ3v) is 4.57. The molecule has 0 amide bonds. The first-order valence-corrected chi connectivity index (χ1v) is 7.23. The summed E-state index contributed by atoms with van der Waals surface area (Å²) >= 11 is 0. The van der Waals surface area contributed by atoms with Gasteiger partial charge in [0.25, 0.3) is 0 Å². The number of pyridine rings is 1. The lowest BCUT2D eigenvalue weighted by Crippen LogP contribution is -2.41. The molecule has 0 saturated carbocycles. The zero-order valence-electron chi connectivity index (χ0n) is 13.4. The van der Waals surface area contributed by atoms with Crippen molar-refractivity contribution >= 4 is 23.4 Å². The monoisotopic (exact) mass is 303 g/mol. The first-order valence-electron chi connectivity index (χ1n) is 7.23. The fourth-order valence-corrected chi connectivity index (χ4v) is 2.58. The van der Waals surface area contributed by atoms with Crippen LogP contribution in [0.3, 0.4) is 0 Å². The van der Waals surface area contributed by atoms with Crippen molar-refractivity contribution in [3.8, 4) is 5.88 Å². The SMILES string of the molecule is COc1nccc2ccc(F)c(B3OC(C)(C)C(C)(C)O3)c12. The Labute approximate surface area is 129 Å². The van der Waals surface area contributed by atoms with Gasteiger partial charge in [-0.3, -0.25) is 0 Å². The molecule has 2 aromatic rings. The molecule has 0 bridgehead atoms. The average molecular weight is 303 g/mol. The summed E-state index contributed by atoms with van der Waals surface area (Å²) in [5.74, 6) is -0.0287. The van der Waals surface area contributed by atoms with Crippen molar-refractivity contribution in [3.63, 3.8) is 0 Å². The zero-order valence-corrected chi connectivity index (χ0v) is 13.4. The minimum Gasteiger partial charge on any atom is -0.481 e. The van der Waals surface area contributed by atoms with Crippen molar-refractivity contribution in [1.29, 1.82) is 0 Å². The van der Waals surface area contributed by atoms with Gasteiger partial charge in [-0.25, -0.2) is 9.37 Å². The maximum Gasteiger partial charge on any atom is 0.498 e. The lowest BCUT2D eigenvalue weighted by Gasteiger charge is -2.32. The quantitative estimate of drug-likeness (QED) is 0.800. The van der Waals surface area contributed by atoms with E-state index < -0.39 is 24.1 Å². The van der Waals surface area contributed by atoms with Crippen LogP contribution in [0, 0.1) is 5.82 Å². The molecule has 1 aliphatic heterocycles. The summed E-state index contributed by atoms with van der Waals surface area (Å²) in [4.78, 5) is 4.17. The molecule has 1 saturated heterocycles. The van der Waals surface area contributed by atoms with Crippen LogP contribution in [0.25, 0.3) is 10.8 Å². The van der Waals surface area contributed by atoms with Crippen LogP contribution < -0.4 is 10.2 Å². The molecule has 1 fully saturated rings. The Kier molecular flexibility index (Phi) is 3.42. The van der Waals surface area contributed by atoms with Crippen molar-refractivity contribution < 1.29 is 18.4 Å². The van der Waals surface area contributed by atoms with Crippen LogP contribution in [0.4, 0.5) is 4.39 Å². The van der Waals surface area contributed by atoms with E-state index in [1.807, 2.05) is 33.8 Å². The first-order chi connectivity index (χ1) is 10.3. The van der Waals surface area contributed by atoms with Gasteiger partial charge in [0, 0.05) is 17.0 Å². The summed E-state index contributed by atoms with van der Waals surface area (Å²) in [6, 6.07) is 4.93. The molecule has 0 radical (unpaired) electrons. The Morgan fingerprint density at radius 2 is 1.73 bits per heavy atom. The maximum absolute atomic E-state index is 14.5. The van der Waals surface area contributed by atoms with Gasteiger partial charge >= 0.3 is 7.12 Å². The van der Waals surface area contributed by atoms with Crippen molar-refractivity contribution in [2.24, 2.45) is 0 Å². The van der Waals surface area contributed by atoms with E-state index in [0.29, 0.717) is 16.7 Å². The van der Waals surface area contributed by atoms with Gasteiger partial charge in [-0.15, -0.1) is 0 Å². The van der Waals surface area contributed by atoms with Crippen LogP contribution in [0.1, 0.15) is 27.7 Å². The van der Waals surface area contributed by atoms with Crippen molar-refractivity contribution in [2.75, 3.05) is 7.11 Å². The van der Waals surface area contributed by atoms with E-state index in [9.17, 15) is 4.39 Å². The minimum atomic E-state index is -0.799. The molecule has 1 aliphatic rings. The van der Waals surface area contributed by atoms with Crippen LogP contribution in [0.5, 0.6) is 5.88 Å². The molecule has 0 aliphatic carbocycles. The van der Waals surface area contributed by atoms with Gasteiger partial charge in [0.2, 0.25) is 5.88 Å². The van der Waals surface area contributed by atoms with Crippen molar-refractivity contribution in [1.82, 2.24) is 4.98 Å². The second-order valence-electron chi connectivity index (χ2n) is 6.47. The summed E-state index contributed by atoms with van der Waals surface area (Å²) in [7, 11) is 0.715. The highest BCUT2D eigenvalue weighted by atomic mass is 19.1. The van der Waals surface area contributed by atoms with E-state index in [0.717, 1.165) is 5.39 Å². The topological polar surface area (TPSA) is 40.6 Å². The van der Waals surface area contributed by atoms with Crippen molar-refractivity contribution in [2.45, 2.75) is 38.9 Å². The van der Waals surface area contributed by atoms with Crippen LogP contribution >= 0.6 is 0 Å². The number of methoxy groups -OCH3 is 1. The van der Waals surface area contributed by atoms with E-state index in [4.69, 9.17) is 14.0 Å². The molecule has 2 heterocycles. The number of benzene rings is 1. The first kappa shape index (κ1) is 15.2. The third kappa shape index (κ3) is 2.18. The number of hydrogen-bond acceptors (Lipinski definition) is 4. The normalized spacial score (nSPS) is 19.6. The molecular formula is C16H19BFNO3. The molecule has 0 unspecified atom stereocenters. The number of hydrogen-bond donors (Lipinski definition) is 0. The van der Waals surface area contributed by atoms with Gasteiger partial charge in [-0.1, -0.05) is 6.07 Å². The van der Waals surface area contributed by atoms with Crippen LogP contribution in [0.15, 0.2) is 24.4 Å². The minimum absolute atomic E-state index is 0.334. The number of fused-ring (bicyclic) bond motifs is 1. The number of aromatic nitrogens is 1. The van der Waals surface area contributed by atoms with Gasteiger partial charge < -0.3 is 14.0 Å². The Hall–Kier alpha value is -1.66. The second-order valence-corrected chi connectivity index (χ2v) is 6.47. The van der Waals surface area contributed by atoms with Gasteiger partial charge in [0.05, 0.1) is 18.3 Å². The zero-order chi connectivity index (χ0) is 16.1. The molecule has 4 nitrogen and oxygen atoms in total. The number of ether oxygens (including phenoxy) is 1. The van der Waals surface area contributed by atoms with Crippen LogP contribution in [-0.4, -0.2) is 30.4 Å². The Balaban J connectivity index is 2.21. The fraction of sp³-hybridized carbons (Fsp3) is 0.438. The highest BCUT2D eigenvalue weighted by Gasteiger charge is 2.53. The summed E-state index contributed by atoms with van der Waals surface area (Å²) in [6.45, 7) is 7.74. The van der Waals surface area contributed by atoms with Crippen LogP contribution in [-0.2, 0) is 9.31 Å². The predicted molar refractivity (Wildman–Crippen MR) is 84.0 cm³/mol. The van der Waals surface area contributed by atoms with E-state index in [-0.39, 0.29) is 0 Å². The maximum atomic E-state index is 14.5. The molecule has 1 aromatic carbocycles.